The SMILES string of the molecule is Cc1nc2ccc(-c3cnc(C(C)(C)O)nc3)cc2c(NC(C)c2cccc(OCC(=O)O)c2)c1Cl. The van der Waals surface area contributed by atoms with Crippen LogP contribution < -0.4 is 10.1 Å². The summed E-state index contributed by atoms with van der Waals surface area (Å²) < 4.78 is 5.32. The van der Waals surface area contributed by atoms with Gasteiger partial charge < -0.3 is 20.3 Å². The molecule has 0 saturated carbocycles. The molecular formula is C27H27ClN4O4. The van der Waals surface area contributed by atoms with Gasteiger partial charge in [0.2, 0.25) is 0 Å². The van der Waals surface area contributed by atoms with Crippen LogP contribution in [0.3, 0.4) is 0 Å². The number of rotatable bonds is 8. The molecule has 4 rings (SSSR count). The fourth-order valence-corrected chi connectivity index (χ4v) is 3.99. The second kappa shape index (κ2) is 10.1. The van der Waals surface area contributed by atoms with Crippen molar-refractivity contribution in [1.29, 1.82) is 0 Å². The van der Waals surface area contributed by atoms with E-state index in [1.165, 1.54) is 0 Å². The molecule has 36 heavy (non-hydrogen) atoms. The van der Waals surface area contributed by atoms with E-state index in [4.69, 9.17) is 21.4 Å². The predicted molar refractivity (Wildman–Crippen MR) is 139 cm³/mol. The van der Waals surface area contributed by atoms with Crippen molar-refractivity contribution in [2.45, 2.75) is 39.3 Å². The third-order valence-corrected chi connectivity index (χ3v) is 6.17. The molecule has 2 aromatic carbocycles. The van der Waals surface area contributed by atoms with E-state index >= 15 is 0 Å². The number of hydrogen-bond acceptors (Lipinski definition) is 7. The average molecular weight is 507 g/mol. The lowest BCUT2D eigenvalue weighted by Gasteiger charge is -2.20. The van der Waals surface area contributed by atoms with Crippen molar-refractivity contribution >= 4 is 34.2 Å². The van der Waals surface area contributed by atoms with Crippen LogP contribution in [-0.4, -0.2) is 37.7 Å². The fourth-order valence-electron chi connectivity index (χ4n) is 3.79. The number of nitrogens with zero attached hydrogens (tertiary/aromatic N) is 3. The summed E-state index contributed by atoms with van der Waals surface area (Å²) in [7, 11) is 0. The zero-order valence-electron chi connectivity index (χ0n) is 20.4. The number of hydrogen-bond donors (Lipinski definition) is 3. The van der Waals surface area contributed by atoms with Crippen molar-refractivity contribution in [1.82, 2.24) is 15.0 Å². The molecule has 0 bridgehead atoms. The van der Waals surface area contributed by atoms with E-state index in [0.717, 1.165) is 33.3 Å². The Labute approximate surface area is 214 Å². The Balaban J connectivity index is 1.70. The number of halogens is 1. The molecule has 1 atom stereocenters. The first-order valence-corrected chi connectivity index (χ1v) is 11.8. The maximum Gasteiger partial charge on any atom is 0.341 e. The standard InChI is InChI=1S/C27H27ClN4O4/c1-15(17-6-5-7-20(10-17)36-14-23(33)34)32-25-21-11-18(8-9-22(21)31-16(2)24(25)28)19-12-29-26(30-13-19)27(3,4)35/h5-13,15,35H,14H2,1-4H3,(H,31,32)(H,33,34). The van der Waals surface area contributed by atoms with Crippen LogP contribution >= 0.6 is 11.6 Å². The Morgan fingerprint density at radius 3 is 2.53 bits per heavy atom. The topological polar surface area (TPSA) is 117 Å². The molecule has 186 valence electrons. The molecule has 0 radical (unpaired) electrons. The Bertz CT molecular complexity index is 1420. The first-order valence-electron chi connectivity index (χ1n) is 11.4. The molecule has 0 aliphatic heterocycles. The molecule has 0 aliphatic carbocycles. The Morgan fingerprint density at radius 1 is 1.14 bits per heavy atom. The highest BCUT2D eigenvalue weighted by Gasteiger charge is 2.20. The van der Waals surface area contributed by atoms with E-state index in [1.54, 1.807) is 38.4 Å². The number of fused-ring (bicyclic) bond motifs is 1. The molecule has 4 aromatic rings. The summed E-state index contributed by atoms with van der Waals surface area (Å²) in [5.41, 5.74) is 3.67. The number of carbonyl (C=O) groups is 1. The lowest BCUT2D eigenvalue weighted by atomic mass is 10.0. The molecule has 3 N–H and O–H groups in total. The minimum atomic E-state index is -1.12. The normalized spacial score (nSPS) is 12.4. The summed E-state index contributed by atoms with van der Waals surface area (Å²) in [6.45, 7) is 6.72. The number of aliphatic carboxylic acids is 1. The molecular weight excluding hydrogens is 480 g/mol. The number of pyridine rings is 1. The molecule has 0 fully saturated rings. The van der Waals surface area contributed by atoms with Gasteiger partial charge in [0, 0.05) is 29.4 Å². The van der Waals surface area contributed by atoms with Crippen molar-refractivity contribution in [2.75, 3.05) is 11.9 Å². The van der Waals surface area contributed by atoms with Crippen molar-refractivity contribution in [3.8, 4) is 16.9 Å². The van der Waals surface area contributed by atoms with E-state index in [1.807, 2.05) is 44.2 Å². The van der Waals surface area contributed by atoms with Gasteiger partial charge in [0.1, 0.15) is 11.4 Å². The minimum absolute atomic E-state index is 0.168. The molecule has 0 spiro atoms. The van der Waals surface area contributed by atoms with Crippen LogP contribution in [0.25, 0.3) is 22.0 Å². The highest BCUT2D eigenvalue weighted by atomic mass is 35.5. The largest absolute Gasteiger partial charge is 0.482 e. The zero-order chi connectivity index (χ0) is 26.0. The zero-order valence-corrected chi connectivity index (χ0v) is 21.2. The maximum absolute atomic E-state index is 10.8. The highest BCUT2D eigenvalue weighted by Crippen LogP contribution is 2.37. The average Bonchev–Trinajstić information content (AvgIpc) is 2.85. The molecule has 2 aromatic heterocycles. The summed E-state index contributed by atoms with van der Waals surface area (Å²) in [5.74, 6) is -0.215. The van der Waals surface area contributed by atoms with Gasteiger partial charge in [0.05, 0.1) is 21.9 Å². The van der Waals surface area contributed by atoms with Crippen LogP contribution in [0.5, 0.6) is 5.75 Å². The van der Waals surface area contributed by atoms with Gasteiger partial charge in [-0.05, 0) is 63.1 Å². The Morgan fingerprint density at radius 2 is 1.86 bits per heavy atom. The predicted octanol–water partition coefficient (Wildman–Crippen LogP) is 5.52. The van der Waals surface area contributed by atoms with Crippen molar-refractivity contribution in [2.24, 2.45) is 0 Å². The number of aliphatic hydroxyl groups is 1. The summed E-state index contributed by atoms with van der Waals surface area (Å²) in [6, 6.07) is 13.0. The van der Waals surface area contributed by atoms with Gasteiger partial charge in [0.15, 0.2) is 12.4 Å². The van der Waals surface area contributed by atoms with Crippen molar-refractivity contribution < 1.29 is 19.7 Å². The number of nitrogens with one attached hydrogen (secondary N) is 1. The second-order valence-electron chi connectivity index (χ2n) is 9.09. The van der Waals surface area contributed by atoms with Crippen molar-refractivity contribution in [3.05, 3.63) is 77.0 Å². The van der Waals surface area contributed by atoms with Crippen molar-refractivity contribution in [3.63, 3.8) is 0 Å². The first kappa shape index (κ1) is 25.3. The lowest BCUT2D eigenvalue weighted by molar-refractivity contribution is -0.139. The van der Waals surface area contributed by atoms with Gasteiger partial charge in [-0.3, -0.25) is 4.98 Å². The van der Waals surface area contributed by atoms with Gasteiger partial charge in [-0.2, -0.15) is 0 Å². The summed E-state index contributed by atoms with van der Waals surface area (Å²) in [4.78, 5) is 24.1. The van der Waals surface area contributed by atoms with E-state index in [-0.39, 0.29) is 6.04 Å². The highest BCUT2D eigenvalue weighted by molar-refractivity contribution is 6.35. The van der Waals surface area contributed by atoms with E-state index < -0.39 is 18.2 Å². The summed E-state index contributed by atoms with van der Waals surface area (Å²) in [5, 5.41) is 23.9. The van der Waals surface area contributed by atoms with Gasteiger partial charge in [-0.1, -0.05) is 29.8 Å². The number of aromatic nitrogens is 3. The van der Waals surface area contributed by atoms with Crippen LogP contribution in [-0.2, 0) is 10.4 Å². The second-order valence-corrected chi connectivity index (χ2v) is 9.47. The number of benzene rings is 2. The molecule has 9 heteroatoms. The number of carboxylic acids is 1. The number of carboxylic acid groups (broad SMARTS) is 1. The third-order valence-electron chi connectivity index (χ3n) is 5.70. The number of anilines is 1. The van der Waals surface area contributed by atoms with E-state index in [9.17, 15) is 9.90 Å². The monoisotopic (exact) mass is 506 g/mol. The van der Waals surface area contributed by atoms with Crippen LogP contribution in [0.2, 0.25) is 5.02 Å². The maximum atomic E-state index is 10.8. The van der Waals surface area contributed by atoms with E-state index in [0.29, 0.717) is 22.3 Å². The van der Waals surface area contributed by atoms with Crippen LogP contribution in [0.1, 0.15) is 43.9 Å². The molecule has 2 heterocycles. The molecule has 0 saturated heterocycles. The number of aryl methyl sites for hydroxylation is 1. The van der Waals surface area contributed by atoms with Gasteiger partial charge >= 0.3 is 5.97 Å². The molecule has 0 aliphatic rings. The molecule has 1 unspecified atom stereocenters. The Hall–Kier alpha value is -3.75. The third kappa shape index (κ3) is 5.56. The summed E-state index contributed by atoms with van der Waals surface area (Å²) >= 11 is 6.72. The molecule has 0 amide bonds. The van der Waals surface area contributed by atoms with Crippen LogP contribution in [0.4, 0.5) is 5.69 Å². The quantitative estimate of drug-likeness (QED) is 0.286. The summed E-state index contributed by atoms with van der Waals surface area (Å²) in [6.07, 6.45) is 3.37. The van der Waals surface area contributed by atoms with Crippen LogP contribution in [0, 0.1) is 6.92 Å². The van der Waals surface area contributed by atoms with Gasteiger partial charge in [0.25, 0.3) is 0 Å². The minimum Gasteiger partial charge on any atom is -0.482 e. The lowest BCUT2D eigenvalue weighted by Crippen LogP contribution is -2.19. The molecule has 8 nitrogen and oxygen atoms in total. The van der Waals surface area contributed by atoms with Gasteiger partial charge in [-0.15, -0.1) is 0 Å². The first-order chi connectivity index (χ1) is 17.0. The Kier molecular flexibility index (Phi) is 7.10. The smallest absolute Gasteiger partial charge is 0.341 e. The fraction of sp³-hybridized carbons (Fsp3) is 0.259. The number of ether oxygens (including phenoxy) is 1. The van der Waals surface area contributed by atoms with Gasteiger partial charge in [-0.25, -0.2) is 14.8 Å². The van der Waals surface area contributed by atoms with Crippen LogP contribution in [0.15, 0.2) is 54.9 Å². The van der Waals surface area contributed by atoms with E-state index in [2.05, 4.69) is 20.3 Å².